The summed E-state index contributed by atoms with van der Waals surface area (Å²) in [6, 6.07) is 6.77. The quantitative estimate of drug-likeness (QED) is 0.713. The summed E-state index contributed by atoms with van der Waals surface area (Å²) in [7, 11) is 0. The number of pyridine rings is 1. The van der Waals surface area contributed by atoms with E-state index in [4.69, 9.17) is 4.52 Å². The van der Waals surface area contributed by atoms with Gasteiger partial charge in [-0.25, -0.2) is 0 Å². The fourth-order valence-corrected chi connectivity index (χ4v) is 3.22. The average Bonchev–Trinajstić information content (AvgIpc) is 3.20. The summed E-state index contributed by atoms with van der Waals surface area (Å²) in [6.07, 6.45) is 2.99. The fourth-order valence-electron chi connectivity index (χ4n) is 2.17. The molecule has 3 heterocycles. The Morgan fingerprint density at radius 2 is 1.92 bits per heavy atom. The number of nitrogens with zero attached hydrogens (tertiary/aromatic N) is 2. The number of thiophene rings is 1. The van der Waals surface area contributed by atoms with E-state index in [2.05, 4.69) is 21.0 Å². The predicted molar refractivity (Wildman–Crippen MR) is 88.5 cm³/mol. The minimum Gasteiger partial charge on any atom is -0.361 e. The molecule has 0 saturated heterocycles. The second-order valence-electron chi connectivity index (χ2n) is 5.01. The molecule has 3 aromatic rings. The van der Waals surface area contributed by atoms with Crippen LogP contribution in [0, 0.1) is 13.8 Å². The molecular weight excluding hydrogens is 328 g/mol. The smallest absolute Gasteiger partial charge is 0.279 e. The largest absolute Gasteiger partial charge is 0.361 e. The predicted octanol–water partition coefficient (Wildman–Crippen LogP) is 2.49. The number of carbonyl (C=O) groups is 2. The second-order valence-corrected chi connectivity index (χ2v) is 6.10. The van der Waals surface area contributed by atoms with E-state index < -0.39 is 11.8 Å². The van der Waals surface area contributed by atoms with Crippen molar-refractivity contribution in [2.45, 2.75) is 13.8 Å². The highest BCUT2D eigenvalue weighted by molar-refractivity contribution is 7.17. The number of carbonyl (C=O) groups excluding carboxylic acids is 2. The van der Waals surface area contributed by atoms with Crippen LogP contribution in [0.15, 0.2) is 41.2 Å². The molecule has 0 atom stereocenters. The van der Waals surface area contributed by atoms with E-state index in [1.165, 1.54) is 17.5 Å². The lowest BCUT2D eigenvalue weighted by atomic mass is 10.2. The van der Waals surface area contributed by atoms with Crippen molar-refractivity contribution in [2.24, 2.45) is 0 Å². The second kappa shape index (κ2) is 6.63. The highest BCUT2D eigenvalue weighted by Crippen LogP contribution is 2.32. The SMILES string of the molecule is Cc1noc(C)c1-c1ccc(C(=O)NNC(=O)c2cccnc2)s1. The van der Waals surface area contributed by atoms with E-state index in [1.807, 2.05) is 19.9 Å². The van der Waals surface area contributed by atoms with Gasteiger partial charge in [0.25, 0.3) is 11.8 Å². The van der Waals surface area contributed by atoms with Crippen LogP contribution in [-0.2, 0) is 0 Å². The van der Waals surface area contributed by atoms with Crippen LogP contribution in [0.25, 0.3) is 10.4 Å². The number of aromatic nitrogens is 2. The van der Waals surface area contributed by atoms with Crippen molar-refractivity contribution in [3.05, 3.63) is 58.6 Å². The Morgan fingerprint density at radius 1 is 1.12 bits per heavy atom. The zero-order valence-electron chi connectivity index (χ0n) is 13.0. The van der Waals surface area contributed by atoms with Gasteiger partial charge in [0, 0.05) is 17.3 Å². The van der Waals surface area contributed by atoms with Gasteiger partial charge in [-0.1, -0.05) is 5.16 Å². The van der Waals surface area contributed by atoms with Gasteiger partial charge in [-0.2, -0.15) is 0 Å². The summed E-state index contributed by atoms with van der Waals surface area (Å²) in [4.78, 5) is 29.2. The molecule has 0 spiro atoms. The van der Waals surface area contributed by atoms with E-state index in [9.17, 15) is 9.59 Å². The monoisotopic (exact) mass is 342 g/mol. The van der Waals surface area contributed by atoms with Gasteiger partial charge in [0.15, 0.2) is 0 Å². The zero-order chi connectivity index (χ0) is 17.1. The third-order valence-electron chi connectivity index (χ3n) is 3.32. The van der Waals surface area contributed by atoms with Crippen molar-refractivity contribution < 1.29 is 14.1 Å². The van der Waals surface area contributed by atoms with Crippen LogP contribution in [0.5, 0.6) is 0 Å². The number of amides is 2. The van der Waals surface area contributed by atoms with Crippen LogP contribution in [0.1, 0.15) is 31.5 Å². The average molecular weight is 342 g/mol. The van der Waals surface area contributed by atoms with Gasteiger partial charge in [0.2, 0.25) is 0 Å². The Bertz CT molecular complexity index is 866. The molecule has 0 aromatic carbocycles. The lowest BCUT2D eigenvalue weighted by Gasteiger charge is -2.05. The van der Waals surface area contributed by atoms with Gasteiger partial charge in [-0.3, -0.25) is 25.4 Å². The Hall–Kier alpha value is -3.00. The molecule has 0 aliphatic carbocycles. The number of hydrazine groups is 1. The van der Waals surface area contributed by atoms with Gasteiger partial charge in [0.1, 0.15) is 5.76 Å². The molecule has 0 saturated carbocycles. The van der Waals surface area contributed by atoms with Crippen molar-refractivity contribution in [3.63, 3.8) is 0 Å². The molecule has 0 bridgehead atoms. The molecule has 0 aliphatic heterocycles. The minimum absolute atomic E-state index is 0.361. The van der Waals surface area contributed by atoms with Gasteiger partial charge < -0.3 is 4.52 Å². The minimum atomic E-state index is -0.432. The molecular formula is C16H14N4O3S. The molecule has 122 valence electrons. The molecule has 0 radical (unpaired) electrons. The van der Waals surface area contributed by atoms with E-state index >= 15 is 0 Å². The first-order valence-electron chi connectivity index (χ1n) is 7.10. The normalized spacial score (nSPS) is 10.4. The summed E-state index contributed by atoms with van der Waals surface area (Å²) >= 11 is 1.30. The van der Waals surface area contributed by atoms with Crippen LogP contribution in [-0.4, -0.2) is 22.0 Å². The fraction of sp³-hybridized carbons (Fsp3) is 0.125. The van der Waals surface area contributed by atoms with Crippen molar-refractivity contribution in [1.82, 2.24) is 21.0 Å². The lowest BCUT2D eigenvalue weighted by molar-refractivity contribution is 0.0848. The van der Waals surface area contributed by atoms with E-state index in [0.717, 1.165) is 16.1 Å². The number of hydrogen-bond donors (Lipinski definition) is 2. The van der Waals surface area contributed by atoms with Crippen molar-refractivity contribution in [1.29, 1.82) is 0 Å². The standard InChI is InChI=1S/C16H14N4O3S/c1-9-14(10(2)23-20-9)12-5-6-13(24-12)16(22)19-18-15(21)11-4-3-7-17-8-11/h3-8H,1-2H3,(H,18,21)(H,19,22). The molecule has 0 aliphatic rings. The molecule has 7 nitrogen and oxygen atoms in total. The maximum atomic E-state index is 12.2. The third kappa shape index (κ3) is 3.18. The summed E-state index contributed by atoms with van der Waals surface area (Å²) in [5.74, 6) is -0.125. The zero-order valence-corrected chi connectivity index (χ0v) is 13.8. The first-order valence-corrected chi connectivity index (χ1v) is 7.91. The van der Waals surface area contributed by atoms with E-state index in [-0.39, 0.29) is 0 Å². The molecule has 24 heavy (non-hydrogen) atoms. The summed E-state index contributed by atoms with van der Waals surface area (Å²) in [5, 5.41) is 3.91. The van der Waals surface area contributed by atoms with Crippen LogP contribution in [0.4, 0.5) is 0 Å². The van der Waals surface area contributed by atoms with Gasteiger partial charge in [-0.15, -0.1) is 11.3 Å². The maximum absolute atomic E-state index is 12.2. The summed E-state index contributed by atoms with van der Waals surface area (Å²) < 4.78 is 5.14. The highest BCUT2D eigenvalue weighted by atomic mass is 32.1. The van der Waals surface area contributed by atoms with E-state index in [1.54, 1.807) is 24.4 Å². The topological polar surface area (TPSA) is 97.1 Å². The molecule has 3 aromatic heterocycles. The number of aryl methyl sites for hydroxylation is 2. The van der Waals surface area contributed by atoms with Crippen molar-refractivity contribution in [2.75, 3.05) is 0 Å². The van der Waals surface area contributed by atoms with Crippen LogP contribution < -0.4 is 10.9 Å². The Morgan fingerprint density at radius 3 is 2.58 bits per heavy atom. The van der Waals surface area contributed by atoms with Crippen molar-refractivity contribution >= 4 is 23.2 Å². The lowest BCUT2D eigenvalue weighted by Crippen LogP contribution is -2.41. The molecule has 2 amide bonds. The maximum Gasteiger partial charge on any atom is 0.279 e. The molecule has 2 N–H and O–H groups in total. The van der Waals surface area contributed by atoms with Gasteiger partial charge >= 0.3 is 0 Å². The van der Waals surface area contributed by atoms with Crippen LogP contribution >= 0.6 is 11.3 Å². The first-order chi connectivity index (χ1) is 11.6. The number of nitrogens with one attached hydrogen (secondary N) is 2. The molecule has 0 unspecified atom stereocenters. The molecule has 8 heteroatoms. The number of hydrogen-bond acceptors (Lipinski definition) is 6. The number of rotatable bonds is 3. The summed E-state index contributed by atoms with van der Waals surface area (Å²) in [6.45, 7) is 3.67. The summed E-state index contributed by atoms with van der Waals surface area (Å²) in [5.41, 5.74) is 6.77. The highest BCUT2D eigenvalue weighted by Gasteiger charge is 2.16. The van der Waals surface area contributed by atoms with Gasteiger partial charge in [0.05, 0.1) is 21.7 Å². The van der Waals surface area contributed by atoms with Crippen molar-refractivity contribution in [3.8, 4) is 10.4 Å². The van der Waals surface area contributed by atoms with E-state index in [0.29, 0.717) is 16.2 Å². The Labute approximate surface area is 141 Å². The third-order valence-corrected chi connectivity index (χ3v) is 4.42. The first kappa shape index (κ1) is 15.9. The van der Waals surface area contributed by atoms with Crippen LogP contribution in [0.3, 0.4) is 0 Å². The Kier molecular flexibility index (Phi) is 4.39. The van der Waals surface area contributed by atoms with Gasteiger partial charge in [-0.05, 0) is 38.1 Å². The molecule has 0 fully saturated rings. The molecule has 3 rings (SSSR count). The Balaban J connectivity index is 1.67. The van der Waals surface area contributed by atoms with Crippen LogP contribution in [0.2, 0.25) is 0 Å².